The molecule has 1 rings (SSSR count). The third-order valence-electron chi connectivity index (χ3n) is 4.58. The Labute approximate surface area is 162 Å². The van der Waals surface area contributed by atoms with Crippen molar-refractivity contribution in [2.24, 2.45) is 17.2 Å². The average molecular weight is 396 g/mol. The van der Waals surface area contributed by atoms with Crippen LogP contribution in [0, 0.1) is 0 Å². The number of hydrogen-bond acceptors (Lipinski definition) is 7. The Morgan fingerprint density at radius 2 is 1.14 bits per heavy atom. The van der Waals surface area contributed by atoms with Crippen LogP contribution in [0.5, 0.6) is 0 Å². The zero-order valence-corrected chi connectivity index (χ0v) is 15.6. The Morgan fingerprint density at radius 3 is 1.54 bits per heavy atom. The van der Waals surface area contributed by atoms with E-state index >= 15 is 0 Å². The Morgan fingerprint density at radius 1 is 0.750 bits per heavy atom. The molecule has 0 aromatic carbocycles. The van der Waals surface area contributed by atoms with Crippen LogP contribution in [-0.4, -0.2) is 56.3 Å². The maximum atomic E-state index is 10.9. The van der Waals surface area contributed by atoms with E-state index in [-0.39, 0.29) is 19.3 Å². The molecule has 1 aromatic heterocycles. The standard InChI is InChI=1S/C18H28N4O6/c19-13(16(23)24)3-1-2-12-10(4-6-14(20)17(25)26)8-22-9-11(12)5-7-15(21)18(27)28/h8-9,13-15H,1-7,19-21H2,(H,23,24)(H,25,26)(H,27,28). The first-order valence-corrected chi connectivity index (χ1v) is 9.03. The number of aliphatic carboxylic acids is 3. The predicted octanol–water partition coefficient (Wildman–Crippen LogP) is -0.495. The molecule has 0 bridgehead atoms. The van der Waals surface area contributed by atoms with Crippen molar-refractivity contribution >= 4 is 17.9 Å². The monoisotopic (exact) mass is 396 g/mol. The topological polar surface area (TPSA) is 203 Å². The molecule has 0 saturated carbocycles. The third kappa shape index (κ3) is 7.59. The molecule has 156 valence electrons. The summed E-state index contributed by atoms with van der Waals surface area (Å²) in [5.41, 5.74) is 19.2. The lowest BCUT2D eigenvalue weighted by molar-refractivity contribution is -0.139. The molecule has 0 spiro atoms. The van der Waals surface area contributed by atoms with Crippen LogP contribution in [0.3, 0.4) is 0 Å². The molecule has 28 heavy (non-hydrogen) atoms. The molecule has 10 heteroatoms. The van der Waals surface area contributed by atoms with Gasteiger partial charge in [-0.1, -0.05) is 0 Å². The zero-order chi connectivity index (χ0) is 21.3. The van der Waals surface area contributed by atoms with E-state index in [9.17, 15) is 14.4 Å². The van der Waals surface area contributed by atoms with Gasteiger partial charge in [-0.2, -0.15) is 0 Å². The van der Waals surface area contributed by atoms with E-state index in [4.69, 9.17) is 32.5 Å². The molecule has 0 saturated heterocycles. The van der Waals surface area contributed by atoms with Crippen molar-refractivity contribution in [3.8, 4) is 0 Å². The van der Waals surface area contributed by atoms with E-state index in [0.717, 1.165) is 16.7 Å². The molecular formula is C18H28N4O6. The fourth-order valence-electron chi connectivity index (χ4n) is 2.82. The molecule has 0 aliphatic carbocycles. The second-order valence-corrected chi connectivity index (χ2v) is 6.74. The van der Waals surface area contributed by atoms with E-state index < -0.39 is 36.0 Å². The molecule has 10 nitrogen and oxygen atoms in total. The number of carboxylic acids is 3. The highest BCUT2D eigenvalue weighted by Crippen LogP contribution is 2.21. The smallest absolute Gasteiger partial charge is 0.320 e. The summed E-state index contributed by atoms with van der Waals surface area (Å²) in [6.45, 7) is 0. The molecule has 0 aliphatic rings. The van der Waals surface area contributed by atoms with Crippen LogP contribution in [0.1, 0.15) is 42.4 Å². The van der Waals surface area contributed by atoms with Gasteiger partial charge in [-0.3, -0.25) is 19.4 Å². The molecule has 9 N–H and O–H groups in total. The zero-order valence-electron chi connectivity index (χ0n) is 15.6. The molecular weight excluding hydrogens is 368 g/mol. The largest absolute Gasteiger partial charge is 0.480 e. The van der Waals surface area contributed by atoms with Gasteiger partial charge in [0.1, 0.15) is 18.1 Å². The second kappa shape index (κ2) is 11.3. The molecule has 0 radical (unpaired) electrons. The minimum Gasteiger partial charge on any atom is -0.480 e. The Bertz CT molecular complexity index is 654. The Kier molecular flexibility index (Phi) is 9.49. The van der Waals surface area contributed by atoms with Gasteiger partial charge >= 0.3 is 17.9 Å². The van der Waals surface area contributed by atoms with Crippen LogP contribution in [0.25, 0.3) is 0 Å². The quantitative estimate of drug-likeness (QED) is 0.252. The lowest BCUT2D eigenvalue weighted by atomic mass is 9.91. The third-order valence-corrected chi connectivity index (χ3v) is 4.58. The molecule has 1 aromatic rings. The van der Waals surface area contributed by atoms with Crippen molar-refractivity contribution < 1.29 is 29.7 Å². The molecule has 0 fully saturated rings. The number of nitrogens with zero attached hydrogens (tertiary/aromatic N) is 1. The number of aromatic nitrogens is 1. The van der Waals surface area contributed by atoms with Gasteiger partial charge in [0.05, 0.1) is 0 Å². The molecule has 3 atom stereocenters. The van der Waals surface area contributed by atoms with E-state index in [2.05, 4.69) is 4.98 Å². The summed E-state index contributed by atoms with van der Waals surface area (Å²) in [6.07, 6.45) is 5.77. The normalized spacial score (nSPS) is 14.2. The number of hydrogen-bond donors (Lipinski definition) is 6. The van der Waals surface area contributed by atoms with Gasteiger partial charge in [-0.15, -0.1) is 0 Å². The maximum absolute atomic E-state index is 10.9. The lowest BCUT2D eigenvalue weighted by Crippen LogP contribution is -2.31. The number of nitrogens with two attached hydrogens (primary N) is 3. The number of rotatable bonds is 13. The van der Waals surface area contributed by atoms with E-state index in [1.54, 1.807) is 12.4 Å². The number of pyridine rings is 1. The number of aryl methyl sites for hydroxylation is 2. The van der Waals surface area contributed by atoms with Crippen molar-refractivity contribution in [2.75, 3.05) is 0 Å². The van der Waals surface area contributed by atoms with E-state index in [1.165, 1.54) is 0 Å². The van der Waals surface area contributed by atoms with Crippen molar-refractivity contribution in [2.45, 2.75) is 63.1 Å². The van der Waals surface area contributed by atoms with E-state index in [0.29, 0.717) is 25.7 Å². The van der Waals surface area contributed by atoms with Crippen LogP contribution in [0.15, 0.2) is 12.4 Å². The summed E-state index contributed by atoms with van der Waals surface area (Å²) in [4.78, 5) is 36.9. The minimum absolute atomic E-state index is 0.219. The van der Waals surface area contributed by atoms with Crippen LogP contribution >= 0.6 is 0 Å². The fraction of sp³-hybridized carbons (Fsp3) is 0.556. The van der Waals surface area contributed by atoms with Crippen molar-refractivity contribution in [1.29, 1.82) is 0 Å². The van der Waals surface area contributed by atoms with Crippen LogP contribution < -0.4 is 17.2 Å². The Hall–Kier alpha value is -2.56. The minimum atomic E-state index is -1.09. The van der Waals surface area contributed by atoms with Gasteiger partial charge in [-0.05, 0) is 61.6 Å². The first-order valence-electron chi connectivity index (χ1n) is 9.03. The van der Waals surface area contributed by atoms with Crippen LogP contribution in [0.2, 0.25) is 0 Å². The number of carboxylic acid groups (broad SMARTS) is 3. The maximum Gasteiger partial charge on any atom is 0.320 e. The van der Waals surface area contributed by atoms with Gasteiger partial charge < -0.3 is 32.5 Å². The first-order chi connectivity index (χ1) is 13.1. The second-order valence-electron chi connectivity index (χ2n) is 6.74. The van der Waals surface area contributed by atoms with Gasteiger partial charge in [0.25, 0.3) is 0 Å². The molecule has 1 heterocycles. The van der Waals surface area contributed by atoms with Crippen LogP contribution in [-0.2, 0) is 33.6 Å². The highest BCUT2D eigenvalue weighted by molar-refractivity contribution is 5.73. The summed E-state index contributed by atoms with van der Waals surface area (Å²) < 4.78 is 0. The molecule has 3 unspecified atom stereocenters. The number of carbonyl (C=O) groups is 3. The van der Waals surface area contributed by atoms with Crippen molar-refractivity contribution in [3.05, 3.63) is 29.1 Å². The van der Waals surface area contributed by atoms with E-state index in [1.807, 2.05) is 0 Å². The van der Waals surface area contributed by atoms with Crippen LogP contribution in [0.4, 0.5) is 0 Å². The fourth-order valence-corrected chi connectivity index (χ4v) is 2.82. The van der Waals surface area contributed by atoms with Gasteiger partial charge in [0.15, 0.2) is 0 Å². The summed E-state index contributed by atoms with van der Waals surface area (Å²) in [5.74, 6) is -3.26. The summed E-state index contributed by atoms with van der Waals surface area (Å²) in [5, 5.41) is 26.8. The predicted molar refractivity (Wildman–Crippen MR) is 101 cm³/mol. The summed E-state index contributed by atoms with van der Waals surface area (Å²) in [7, 11) is 0. The van der Waals surface area contributed by atoms with Crippen molar-refractivity contribution in [1.82, 2.24) is 4.98 Å². The first kappa shape index (κ1) is 23.5. The van der Waals surface area contributed by atoms with Gasteiger partial charge in [0, 0.05) is 12.4 Å². The molecule has 0 aliphatic heterocycles. The SMILES string of the molecule is NC(CCCc1c(CCC(N)C(=O)O)cncc1CCC(N)C(=O)O)C(=O)O. The average Bonchev–Trinajstić information content (AvgIpc) is 2.64. The lowest BCUT2D eigenvalue weighted by Gasteiger charge is -2.17. The van der Waals surface area contributed by atoms with Crippen molar-refractivity contribution in [3.63, 3.8) is 0 Å². The Balaban J connectivity index is 2.95. The molecule has 0 amide bonds. The summed E-state index contributed by atoms with van der Waals surface area (Å²) >= 11 is 0. The van der Waals surface area contributed by atoms with Gasteiger partial charge in [0.2, 0.25) is 0 Å². The summed E-state index contributed by atoms with van der Waals surface area (Å²) in [6, 6.07) is -2.97. The highest BCUT2D eigenvalue weighted by Gasteiger charge is 2.18. The van der Waals surface area contributed by atoms with Gasteiger partial charge in [-0.25, -0.2) is 0 Å². The highest BCUT2D eigenvalue weighted by atomic mass is 16.4.